The lowest BCUT2D eigenvalue weighted by atomic mass is 9.97. The lowest BCUT2D eigenvalue weighted by molar-refractivity contribution is -0.161. The summed E-state index contributed by atoms with van der Waals surface area (Å²) in [5, 5.41) is 0. The quantitative estimate of drug-likeness (QED) is 0.811. The van der Waals surface area contributed by atoms with Crippen LogP contribution in [-0.4, -0.2) is 17.1 Å². The molecule has 0 spiro atoms. The van der Waals surface area contributed by atoms with Crippen LogP contribution >= 0.6 is 15.9 Å². The fourth-order valence-electron chi connectivity index (χ4n) is 2.20. The number of ether oxygens (including phenoxy) is 1. The van der Waals surface area contributed by atoms with E-state index in [1.807, 2.05) is 39.0 Å². The summed E-state index contributed by atoms with van der Waals surface area (Å²) in [6.07, 6.45) is 1.08. The summed E-state index contributed by atoms with van der Waals surface area (Å²) in [5.41, 5.74) is 7.05. The van der Waals surface area contributed by atoms with Gasteiger partial charge in [0.15, 0.2) is 0 Å². The van der Waals surface area contributed by atoms with E-state index in [1.54, 1.807) is 0 Å². The Bertz CT molecular complexity index is 493. The predicted molar refractivity (Wildman–Crippen MR) is 74.3 cm³/mol. The lowest BCUT2D eigenvalue weighted by Crippen LogP contribution is -2.51. The van der Waals surface area contributed by atoms with Gasteiger partial charge in [-0.3, -0.25) is 4.79 Å². The lowest BCUT2D eigenvalue weighted by Gasteiger charge is -2.27. The molecule has 0 saturated heterocycles. The number of nitrogens with two attached hydrogens (primary N) is 1. The van der Waals surface area contributed by atoms with Crippen molar-refractivity contribution in [3.05, 3.63) is 33.8 Å². The molecule has 3 nitrogen and oxygen atoms in total. The van der Waals surface area contributed by atoms with E-state index in [9.17, 15) is 4.79 Å². The summed E-state index contributed by atoms with van der Waals surface area (Å²) in [6.45, 7) is 5.56. The van der Waals surface area contributed by atoms with Crippen molar-refractivity contribution in [1.29, 1.82) is 0 Å². The number of fused-ring (bicyclic) bond motifs is 1. The molecule has 1 unspecified atom stereocenters. The van der Waals surface area contributed by atoms with Crippen molar-refractivity contribution >= 4 is 21.9 Å². The van der Waals surface area contributed by atoms with Gasteiger partial charge >= 0.3 is 5.97 Å². The SMILES string of the molecule is CC(C)(C)OC(=O)C1(N)Cc2ccc(Br)cc2C1. The number of hydrogen-bond donors (Lipinski definition) is 1. The van der Waals surface area contributed by atoms with Gasteiger partial charge in [-0.15, -0.1) is 0 Å². The van der Waals surface area contributed by atoms with Crippen molar-refractivity contribution in [3.8, 4) is 0 Å². The van der Waals surface area contributed by atoms with Crippen molar-refractivity contribution in [2.45, 2.75) is 44.8 Å². The van der Waals surface area contributed by atoms with Crippen LogP contribution in [0.15, 0.2) is 22.7 Å². The van der Waals surface area contributed by atoms with E-state index in [-0.39, 0.29) is 5.97 Å². The number of benzene rings is 1. The predicted octanol–water partition coefficient (Wildman–Crippen LogP) is 2.59. The Kier molecular flexibility index (Phi) is 3.28. The maximum absolute atomic E-state index is 12.2. The van der Waals surface area contributed by atoms with Gasteiger partial charge in [0, 0.05) is 17.3 Å². The van der Waals surface area contributed by atoms with E-state index < -0.39 is 11.1 Å². The van der Waals surface area contributed by atoms with E-state index >= 15 is 0 Å². The minimum Gasteiger partial charge on any atom is -0.459 e. The molecular weight excluding hydrogens is 294 g/mol. The van der Waals surface area contributed by atoms with Crippen LogP contribution in [0.4, 0.5) is 0 Å². The summed E-state index contributed by atoms with van der Waals surface area (Å²) in [5.74, 6) is -0.317. The van der Waals surface area contributed by atoms with Gasteiger partial charge in [-0.2, -0.15) is 0 Å². The summed E-state index contributed by atoms with van der Waals surface area (Å²) in [7, 11) is 0. The molecule has 0 heterocycles. The topological polar surface area (TPSA) is 52.3 Å². The van der Waals surface area contributed by atoms with Crippen molar-refractivity contribution < 1.29 is 9.53 Å². The van der Waals surface area contributed by atoms with Gasteiger partial charge in [-0.25, -0.2) is 0 Å². The average Bonchev–Trinajstić information content (AvgIpc) is 2.52. The van der Waals surface area contributed by atoms with Crippen LogP contribution in [0.5, 0.6) is 0 Å². The molecule has 0 fully saturated rings. The third-order valence-electron chi connectivity index (χ3n) is 2.99. The normalized spacial score (nSPS) is 22.7. The molecule has 1 aromatic carbocycles. The Morgan fingerprint density at radius 3 is 2.56 bits per heavy atom. The number of hydrogen-bond acceptors (Lipinski definition) is 3. The van der Waals surface area contributed by atoms with Crippen LogP contribution in [0.1, 0.15) is 31.9 Å². The summed E-state index contributed by atoms with van der Waals surface area (Å²) < 4.78 is 6.42. The molecule has 1 aliphatic carbocycles. The second-order valence-corrected chi connectivity index (χ2v) is 6.84. The smallest absolute Gasteiger partial charge is 0.327 e. The van der Waals surface area contributed by atoms with E-state index in [0.717, 1.165) is 15.6 Å². The largest absolute Gasteiger partial charge is 0.459 e. The molecule has 0 aromatic heterocycles. The fraction of sp³-hybridized carbons (Fsp3) is 0.500. The molecule has 0 aliphatic heterocycles. The number of carbonyl (C=O) groups excluding carboxylic acids is 1. The molecule has 0 amide bonds. The van der Waals surface area contributed by atoms with Gasteiger partial charge in [0.2, 0.25) is 0 Å². The number of rotatable bonds is 1. The molecular formula is C14H18BrNO2. The van der Waals surface area contributed by atoms with E-state index in [2.05, 4.69) is 15.9 Å². The van der Waals surface area contributed by atoms with Gasteiger partial charge in [0.05, 0.1) is 0 Å². The zero-order valence-corrected chi connectivity index (χ0v) is 12.5. The first-order chi connectivity index (χ1) is 8.20. The zero-order chi connectivity index (χ0) is 13.6. The van der Waals surface area contributed by atoms with Crippen molar-refractivity contribution in [1.82, 2.24) is 0 Å². The molecule has 1 aliphatic rings. The van der Waals surface area contributed by atoms with Crippen LogP contribution in [0, 0.1) is 0 Å². The highest BCUT2D eigenvalue weighted by molar-refractivity contribution is 9.10. The molecule has 0 saturated carbocycles. The molecule has 2 N–H and O–H groups in total. The van der Waals surface area contributed by atoms with Gasteiger partial charge in [0.1, 0.15) is 11.1 Å². The highest BCUT2D eigenvalue weighted by Gasteiger charge is 2.43. The first-order valence-electron chi connectivity index (χ1n) is 5.99. The minimum atomic E-state index is -0.920. The van der Waals surface area contributed by atoms with Crippen LogP contribution in [0.2, 0.25) is 0 Å². The monoisotopic (exact) mass is 311 g/mol. The fourth-order valence-corrected chi connectivity index (χ4v) is 2.61. The first kappa shape index (κ1) is 13.6. The van der Waals surface area contributed by atoms with Crippen molar-refractivity contribution in [2.24, 2.45) is 5.73 Å². The van der Waals surface area contributed by atoms with Gasteiger partial charge < -0.3 is 10.5 Å². The molecule has 1 aromatic rings. The number of halogens is 1. The maximum atomic E-state index is 12.2. The average molecular weight is 312 g/mol. The van der Waals surface area contributed by atoms with E-state index in [4.69, 9.17) is 10.5 Å². The Hall–Kier alpha value is -0.870. The second kappa shape index (κ2) is 4.35. The highest BCUT2D eigenvalue weighted by Crippen LogP contribution is 2.32. The van der Waals surface area contributed by atoms with E-state index in [1.165, 1.54) is 0 Å². The summed E-state index contributed by atoms with van der Waals surface area (Å²) >= 11 is 3.43. The molecule has 2 rings (SSSR count). The number of esters is 1. The molecule has 18 heavy (non-hydrogen) atoms. The summed E-state index contributed by atoms with van der Waals surface area (Å²) in [4.78, 5) is 12.2. The Labute approximate surface area is 116 Å². The third-order valence-corrected chi connectivity index (χ3v) is 3.48. The van der Waals surface area contributed by atoms with Crippen molar-refractivity contribution in [2.75, 3.05) is 0 Å². The molecule has 1 atom stereocenters. The van der Waals surface area contributed by atoms with Crippen LogP contribution < -0.4 is 5.73 Å². The molecule has 0 bridgehead atoms. The van der Waals surface area contributed by atoms with Gasteiger partial charge in [-0.1, -0.05) is 22.0 Å². The number of carbonyl (C=O) groups is 1. The van der Waals surface area contributed by atoms with E-state index in [0.29, 0.717) is 12.8 Å². The van der Waals surface area contributed by atoms with Gasteiger partial charge in [0.25, 0.3) is 0 Å². The van der Waals surface area contributed by atoms with Crippen LogP contribution in [0.3, 0.4) is 0 Å². The zero-order valence-electron chi connectivity index (χ0n) is 10.9. The Balaban J connectivity index is 2.20. The standard InChI is InChI=1S/C14H18BrNO2/c1-13(2,3)18-12(17)14(16)7-9-4-5-11(15)6-10(9)8-14/h4-6H,7-8,16H2,1-3H3. The maximum Gasteiger partial charge on any atom is 0.327 e. The first-order valence-corrected chi connectivity index (χ1v) is 6.79. The minimum absolute atomic E-state index is 0.317. The van der Waals surface area contributed by atoms with Gasteiger partial charge in [-0.05, 0) is 44.0 Å². The van der Waals surface area contributed by atoms with Crippen LogP contribution in [0.25, 0.3) is 0 Å². The third kappa shape index (κ3) is 2.75. The molecule has 4 heteroatoms. The highest BCUT2D eigenvalue weighted by atomic mass is 79.9. The summed E-state index contributed by atoms with van der Waals surface area (Å²) in [6, 6.07) is 6.01. The Morgan fingerprint density at radius 1 is 1.33 bits per heavy atom. The second-order valence-electron chi connectivity index (χ2n) is 5.92. The van der Waals surface area contributed by atoms with Crippen LogP contribution in [-0.2, 0) is 22.4 Å². The molecule has 0 radical (unpaired) electrons. The van der Waals surface area contributed by atoms with Crippen molar-refractivity contribution in [3.63, 3.8) is 0 Å². The molecule has 98 valence electrons. The Morgan fingerprint density at radius 2 is 1.94 bits per heavy atom.